The first-order valence-corrected chi connectivity index (χ1v) is 7.78. The highest BCUT2D eigenvalue weighted by molar-refractivity contribution is 7.09. The standard InChI is InChI=1S/C14H25N3S/c1-5-17(12-6-7-15-8-12)9-11-10-18-13(16-11)14(2,3)4/h10,12,15H,5-9H2,1-4H3. The van der Waals surface area contributed by atoms with Crippen molar-refractivity contribution in [1.82, 2.24) is 15.2 Å². The van der Waals surface area contributed by atoms with Crippen LogP contribution in [0.3, 0.4) is 0 Å². The van der Waals surface area contributed by atoms with Crippen molar-refractivity contribution in [2.75, 3.05) is 19.6 Å². The molecule has 1 aromatic rings. The minimum absolute atomic E-state index is 0.175. The lowest BCUT2D eigenvalue weighted by Gasteiger charge is -2.26. The van der Waals surface area contributed by atoms with Gasteiger partial charge in [-0.3, -0.25) is 4.90 Å². The Morgan fingerprint density at radius 1 is 1.50 bits per heavy atom. The van der Waals surface area contributed by atoms with E-state index in [4.69, 9.17) is 4.98 Å². The van der Waals surface area contributed by atoms with Crippen molar-refractivity contribution in [3.05, 3.63) is 16.1 Å². The highest BCUT2D eigenvalue weighted by atomic mass is 32.1. The van der Waals surface area contributed by atoms with Gasteiger partial charge in [0.15, 0.2) is 0 Å². The van der Waals surface area contributed by atoms with Gasteiger partial charge < -0.3 is 5.32 Å². The zero-order valence-electron chi connectivity index (χ0n) is 12.0. The molecule has 1 unspecified atom stereocenters. The molecule has 1 aromatic heterocycles. The molecule has 18 heavy (non-hydrogen) atoms. The number of thiazole rings is 1. The summed E-state index contributed by atoms with van der Waals surface area (Å²) in [6.07, 6.45) is 1.27. The van der Waals surface area contributed by atoms with Crippen LogP contribution < -0.4 is 5.32 Å². The second-order valence-corrected chi connectivity index (χ2v) is 6.96. The molecule has 3 nitrogen and oxygen atoms in total. The van der Waals surface area contributed by atoms with Crippen molar-refractivity contribution in [1.29, 1.82) is 0 Å². The van der Waals surface area contributed by atoms with Gasteiger partial charge in [0.2, 0.25) is 0 Å². The molecule has 0 aromatic carbocycles. The number of nitrogens with one attached hydrogen (secondary N) is 1. The lowest BCUT2D eigenvalue weighted by atomic mass is 9.98. The Hall–Kier alpha value is -0.450. The minimum atomic E-state index is 0.175. The van der Waals surface area contributed by atoms with Gasteiger partial charge in [-0.25, -0.2) is 4.98 Å². The van der Waals surface area contributed by atoms with Crippen molar-refractivity contribution in [2.45, 2.75) is 52.1 Å². The van der Waals surface area contributed by atoms with Crippen molar-refractivity contribution in [3.63, 3.8) is 0 Å². The lowest BCUT2D eigenvalue weighted by Crippen LogP contribution is -2.36. The Labute approximate surface area is 115 Å². The van der Waals surface area contributed by atoms with Gasteiger partial charge in [0.05, 0.1) is 10.7 Å². The van der Waals surface area contributed by atoms with E-state index < -0.39 is 0 Å². The van der Waals surface area contributed by atoms with Gasteiger partial charge in [0.1, 0.15) is 0 Å². The molecule has 1 N–H and O–H groups in total. The molecular formula is C14H25N3S. The number of rotatable bonds is 4. The molecule has 2 rings (SSSR count). The molecule has 1 aliphatic heterocycles. The smallest absolute Gasteiger partial charge is 0.0982 e. The summed E-state index contributed by atoms with van der Waals surface area (Å²) >= 11 is 1.80. The molecule has 0 aliphatic carbocycles. The Morgan fingerprint density at radius 2 is 2.28 bits per heavy atom. The van der Waals surface area contributed by atoms with E-state index in [0.717, 1.165) is 26.2 Å². The van der Waals surface area contributed by atoms with Crippen LogP contribution >= 0.6 is 11.3 Å². The van der Waals surface area contributed by atoms with E-state index in [2.05, 4.69) is 43.3 Å². The van der Waals surface area contributed by atoms with Crippen LogP contribution in [0.2, 0.25) is 0 Å². The summed E-state index contributed by atoms with van der Waals surface area (Å²) in [5, 5.41) is 6.92. The fourth-order valence-electron chi connectivity index (χ4n) is 2.38. The maximum Gasteiger partial charge on any atom is 0.0982 e. The first-order valence-electron chi connectivity index (χ1n) is 6.90. The van der Waals surface area contributed by atoms with E-state index in [1.807, 2.05) is 0 Å². The maximum absolute atomic E-state index is 4.80. The molecule has 1 atom stereocenters. The summed E-state index contributed by atoms with van der Waals surface area (Å²) in [6.45, 7) is 13.3. The lowest BCUT2D eigenvalue weighted by molar-refractivity contribution is 0.208. The van der Waals surface area contributed by atoms with Crippen LogP contribution in [0, 0.1) is 0 Å². The molecule has 4 heteroatoms. The molecule has 0 bridgehead atoms. The van der Waals surface area contributed by atoms with Crippen molar-refractivity contribution in [3.8, 4) is 0 Å². The summed E-state index contributed by atoms with van der Waals surface area (Å²) in [5.74, 6) is 0. The minimum Gasteiger partial charge on any atom is -0.315 e. The Balaban J connectivity index is 2.01. The predicted octanol–water partition coefficient (Wildman–Crippen LogP) is 2.62. The zero-order chi connectivity index (χ0) is 13.2. The van der Waals surface area contributed by atoms with Crippen molar-refractivity contribution >= 4 is 11.3 Å². The fourth-order valence-corrected chi connectivity index (χ4v) is 3.28. The third-order valence-electron chi connectivity index (χ3n) is 3.52. The summed E-state index contributed by atoms with van der Waals surface area (Å²) in [5.41, 5.74) is 1.41. The zero-order valence-corrected chi connectivity index (χ0v) is 12.8. The van der Waals surface area contributed by atoms with Crippen LogP contribution in [0.15, 0.2) is 5.38 Å². The summed E-state index contributed by atoms with van der Waals surface area (Å²) in [6, 6.07) is 0.690. The van der Waals surface area contributed by atoms with Crippen LogP contribution in [-0.2, 0) is 12.0 Å². The van der Waals surface area contributed by atoms with Gasteiger partial charge in [-0.2, -0.15) is 0 Å². The Bertz CT molecular complexity index is 375. The van der Waals surface area contributed by atoms with Crippen molar-refractivity contribution in [2.24, 2.45) is 0 Å². The third kappa shape index (κ3) is 3.31. The van der Waals surface area contributed by atoms with Gasteiger partial charge >= 0.3 is 0 Å². The van der Waals surface area contributed by atoms with Crippen LogP contribution in [0.25, 0.3) is 0 Å². The number of aromatic nitrogens is 1. The van der Waals surface area contributed by atoms with E-state index in [-0.39, 0.29) is 5.41 Å². The topological polar surface area (TPSA) is 28.2 Å². The molecule has 1 saturated heterocycles. The summed E-state index contributed by atoms with van der Waals surface area (Å²) in [7, 11) is 0. The molecule has 102 valence electrons. The normalized spacial score (nSPS) is 20.8. The second-order valence-electron chi connectivity index (χ2n) is 6.10. The average Bonchev–Trinajstić information content (AvgIpc) is 2.95. The number of nitrogens with zero attached hydrogens (tertiary/aromatic N) is 2. The number of hydrogen-bond acceptors (Lipinski definition) is 4. The van der Waals surface area contributed by atoms with E-state index in [0.29, 0.717) is 6.04 Å². The monoisotopic (exact) mass is 267 g/mol. The molecule has 1 aliphatic rings. The van der Waals surface area contributed by atoms with Crippen LogP contribution in [0.5, 0.6) is 0 Å². The molecule has 1 fully saturated rings. The number of hydrogen-bond donors (Lipinski definition) is 1. The van der Waals surface area contributed by atoms with Gasteiger partial charge in [-0.15, -0.1) is 11.3 Å². The fraction of sp³-hybridized carbons (Fsp3) is 0.786. The average molecular weight is 267 g/mol. The van der Waals surface area contributed by atoms with Crippen LogP contribution in [0.4, 0.5) is 0 Å². The molecule has 2 heterocycles. The third-order valence-corrected chi connectivity index (χ3v) is 4.83. The highest BCUT2D eigenvalue weighted by Gasteiger charge is 2.23. The van der Waals surface area contributed by atoms with Crippen LogP contribution in [-0.4, -0.2) is 35.6 Å². The first kappa shape index (κ1) is 14.0. The summed E-state index contributed by atoms with van der Waals surface area (Å²) in [4.78, 5) is 7.34. The van der Waals surface area contributed by atoms with E-state index in [1.165, 1.54) is 17.1 Å². The van der Waals surface area contributed by atoms with Gasteiger partial charge in [0.25, 0.3) is 0 Å². The highest BCUT2D eigenvalue weighted by Crippen LogP contribution is 2.26. The van der Waals surface area contributed by atoms with E-state index in [1.54, 1.807) is 11.3 Å². The molecule has 0 saturated carbocycles. The largest absolute Gasteiger partial charge is 0.315 e. The summed E-state index contributed by atoms with van der Waals surface area (Å²) < 4.78 is 0. The van der Waals surface area contributed by atoms with Gasteiger partial charge in [0, 0.05) is 29.9 Å². The SMILES string of the molecule is CCN(Cc1csc(C(C)(C)C)n1)C1CCNC1. The van der Waals surface area contributed by atoms with E-state index >= 15 is 0 Å². The second kappa shape index (κ2) is 5.68. The molecule has 0 amide bonds. The molecule has 0 radical (unpaired) electrons. The number of likely N-dealkylation sites (N-methyl/N-ethyl adjacent to an activating group) is 1. The van der Waals surface area contributed by atoms with Crippen molar-refractivity contribution < 1.29 is 0 Å². The maximum atomic E-state index is 4.80. The van der Waals surface area contributed by atoms with Gasteiger partial charge in [-0.05, 0) is 19.5 Å². The van der Waals surface area contributed by atoms with Gasteiger partial charge in [-0.1, -0.05) is 27.7 Å². The Morgan fingerprint density at radius 3 is 2.78 bits per heavy atom. The quantitative estimate of drug-likeness (QED) is 0.909. The first-order chi connectivity index (χ1) is 8.50. The predicted molar refractivity (Wildman–Crippen MR) is 78.2 cm³/mol. The molecule has 0 spiro atoms. The molecular weight excluding hydrogens is 242 g/mol. The van der Waals surface area contributed by atoms with E-state index in [9.17, 15) is 0 Å². The Kier molecular flexibility index (Phi) is 4.41. The van der Waals surface area contributed by atoms with Crippen LogP contribution in [0.1, 0.15) is 44.8 Å².